The van der Waals surface area contributed by atoms with Crippen LogP contribution in [0.3, 0.4) is 0 Å². The first-order valence-corrected chi connectivity index (χ1v) is 5.60. The fourth-order valence-corrected chi connectivity index (χ4v) is 1.81. The number of alkyl halides is 3. The number of halogens is 4. The molecule has 94 valence electrons. The van der Waals surface area contributed by atoms with E-state index in [1.807, 2.05) is 0 Å². The maximum absolute atomic E-state index is 13.5. The van der Waals surface area contributed by atoms with Crippen molar-refractivity contribution in [1.29, 1.82) is 0 Å². The van der Waals surface area contributed by atoms with E-state index in [0.717, 1.165) is 6.07 Å². The van der Waals surface area contributed by atoms with Gasteiger partial charge in [-0.05, 0) is 11.6 Å². The highest BCUT2D eigenvalue weighted by atomic mass is 79.9. The second-order valence-corrected chi connectivity index (χ2v) is 3.69. The van der Waals surface area contributed by atoms with Crippen LogP contribution in [-0.2, 0) is 16.5 Å². The molecule has 0 unspecified atom stereocenters. The van der Waals surface area contributed by atoms with E-state index in [0.29, 0.717) is 0 Å². The summed E-state index contributed by atoms with van der Waals surface area (Å²) in [5.41, 5.74) is 0.221. The Labute approximate surface area is 103 Å². The van der Waals surface area contributed by atoms with Crippen LogP contribution in [0.25, 0.3) is 0 Å². The Hall–Kier alpha value is -1.24. The van der Waals surface area contributed by atoms with Crippen LogP contribution in [0.1, 0.15) is 11.1 Å². The molecule has 1 N–H and O–H groups in total. The van der Waals surface area contributed by atoms with Crippen LogP contribution in [0.5, 0.6) is 5.75 Å². The molecule has 1 aromatic rings. The van der Waals surface area contributed by atoms with Crippen molar-refractivity contribution < 1.29 is 27.8 Å². The lowest BCUT2D eigenvalue weighted by Crippen LogP contribution is -2.08. The molecule has 7 heteroatoms. The number of benzene rings is 1. The number of hydrogen-bond acceptors (Lipinski definition) is 2. The van der Waals surface area contributed by atoms with Gasteiger partial charge >= 0.3 is 12.6 Å². The first kappa shape index (κ1) is 13.8. The summed E-state index contributed by atoms with van der Waals surface area (Å²) < 4.78 is 41.5. The second kappa shape index (κ2) is 5.90. The lowest BCUT2D eigenvalue weighted by molar-refractivity contribution is -0.136. The molecule has 0 aromatic heterocycles. The third kappa shape index (κ3) is 3.92. The predicted octanol–water partition coefficient (Wildman–Crippen LogP) is 2.95. The van der Waals surface area contributed by atoms with Crippen molar-refractivity contribution in [2.24, 2.45) is 0 Å². The average molecular weight is 313 g/mol. The van der Waals surface area contributed by atoms with Crippen LogP contribution >= 0.6 is 15.9 Å². The molecule has 0 radical (unpaired) electrons. The van der Waals surface area contributed by atoms with Gasteiger partial charge in [0.05, 0.1) is 6.42 Å². The van der Waals surface area contributed by atoms with Crippen LogP contribution in [-0.4, -0.2) is 17.7 Å². The minimum atomic E-state index is -3.05. The van der Waals surface area contributed by atoms with E-state index < -0.39 is 24.8 Å². The van der Waals surface area contributed by atoms with E-state index in [4.69, 9.17) is 5.11 Å². The van der Waals surface area contributed by atoms with Gasteiger partial charge in [0.1, 0.15) is 11.6 Å². The molecule has 1 rings (SSSR count). The van der Waals surface area contributed by atoms with E-state index in [1.54, 1.807) is 0 Å². The lowest BCUT2D eigenvalue weighted by atomic mass is 10.0. The normalized spacial score (nSPS) is 10.6. The molecule has 0 fully saturated rings. The number of carbonyl (C=O) groups is 1. The number of hydrogen-bond donors (Lipinski definition) is 1. The summed E-state index contributed by atoms with van der Waals surface area (Å²) in [5.74, 6) is -2.41. The van der Waals surface area contributed by atoms with E-state index in [2.05, 4.69) is 20.7 Å². The van der Waals surface area contributed by atoms with Crippen molar-refractivity contribution in [3.8, 4) is 5.75 Å². The van der Waals surface area contributed by atoms with Gasteiger partial charge < -0.3 is 9.84 Å². The molecular formula is C10H8BrF3O3. The third-order valence-corrected chi connectivity index (χ3v) is 2.56. The molecule has 0 saturated carbocycles. The lowest BCUT2D eigenvalue weighted by Gasteiger charge is -2.10. The molecule has 0 aliphatic heterocycles. The largest absolute Gasteiger partial charge is 0.481 e. The topological polar surface area (TPSA) is 46.5 Å². The predicted molar refractivity (Wildman–Crippen MR) is 57.0 cm³/mol. The Morgan fingerprint density at radius 2 is 2.12 bits per heavy atom. The minimum Gasteiger partial charge on any atom is -0.481 e. The quantitative estimate of drug-likeness (QED) is 0.850. The third-order valence-electron chi connectivity index (χ3n) is 1.96. The molecule has 0 bridgehead atoms. The fraction of sp³-hybridized carbons (Fsp3) is 0.300. The molecule has 0 aliphatic rings. The van der Waals surface area contributed by atoms with E-state index in [9.17, 15) is 18.0 Å². The number of ether oxygens (including phenoxy) is 1. The molecule has 17 heavy (non-hydrogen) atoms. The minimum absolute atomic E-state index is 0.0454. The Bertz CT molecular complexity index is 424. The van der Waals surface area contributed by atoms with E-state index >= 15 is 0 Å². The Kier molecular flexibility index (Phi) is 4.80. The molecular weight excluding hydrogens is 305 g/mol. The van der Waals surface area contributed by atoms with Gasteiger partial charge in [0.25, 0.3) is 0 Å². The summed E-state index contributed by atoms with van der Waals surface area (Å²) >= 11 is 3.03. The summed E-state index contributed by atoms with van der Waals surface area (Å²) in [5, 5.41) is 8.74. The highest BCUT2D eigenvalue weighted by Crippen LogP contribution is 2.25. The van der Waals surface area contributed by atoms with Crippen molar-refractivity contribution in [3.05, 3.63) is 29.1 Å². The molecule has 0 spiro atoms. The molecule has 3 nitrogen and oxygen atoms in total. The maximum atomic E-state index is 13.5. The average Bonchev–Trinajstić information content (AvgIpc) is 2.20. The summed E-state index contributed by atoms with van der Waals surface area (Å²) in [6.45, 7) is -3.05. The zero-order valence-electron chi connectivity index (χ0n) is 8.42. The van der Waals surface area contributed by atoms with Gasteiger partial charge in [0.15, 0.2) is 0 Å². The first-order valence-electron chi connectivity index (χ1n) is 4.48. The molecule has 0 aliphatic carbocycles. The molecule has 0 heterocycles. The zero-order chi connectivity index (χ0) is 13.0. The van der Waals surface area contributed by atoms with Crippen LogP contribution < -0.4 is 4.74 Å². The van der Waals surface area contributed by atoms with E-state index in [-0.39, 0.29) is 22.2 Å². The van der Waals surface area contributed by atoms with Crippen LogP contribution in [0.2, 0.25) is 0 Å². The smallest absolute Gasteiger partial charge is 0.387 e. The highest BCUT2D eigenvalue weighted by molar-refractivity contribution is 9.08. The number of carboxylic acids is 1. The molecule has 0 amide bonds. The highest BCUT2D eigenvalue weighted by Gasteiger charge is 2.15. The molecule has 0 atom stereocenters. The van der Waals surface area contributed by atoms with Gasteiger partial charge in [-0.2, -0.15) is 8.78 Å². The molecule has 1 aromatic carbocycles. The van der Waals surface area contributed by atoms with Crippen molar-refractivity contribution >= 4 is 21.9 Å². The maximum Gasteiger partial charge on any atom is 0.387 e. The summed E-state index contributed by atoms with van der Waals surface area (Å²) in [6, 6.07) is 1.93. The van der Waals surface area contributed by atoms with Crippen molar-refractivity contribution in [2.75, 3.05) is 0 Å². The first-order chi connectivity index (χ1) is 7.93. The van der Waals surface area contributed by atoms with Crippen molar-refractivity contribution in [2.45, 2.75) is 18.4 Å². The van der Waals surface area contributed by atoms with Crippen LogP contribution in [0.15, 0.2) is 12.1 Å². The number of carboxylic acid groups (broad SMARTS) is 1. The van der Waals surface area contributed by atoms with Crippen LogP contribution in [0.4, 0.5) is 13.2 Å². The molecule has 0 saturated heterocycles. The Balaban J connectivity index is 3.11. The standard InChI is InChI=1S/C10H8BrF3O3/c11-4-5-1-6(17-10(13)14)2-8(12)7(5)3-9(15)16/h1-2,10H,3-4H2,(H,15,16). The SMILES string of the molecule is O=C(O)Cc1c(F)cc(OC(F)F)cc1CBr. The van der Waals surface area contributed by atoms with Crippen molar-refractivity contribution in [1.82, 2.24) is 0 Å². The number of rotatable bonds is 5. The van der Waals surface area contributed by atoms with Gasteiger partial charge in [-0.15, -0.1) is 0 Å². The van der Waals surface area contributed by atoms with E-state index in [1.165, 1.54) is 6.07 Å². The van der Waals surface area contributed by atoms with Gasteiger partial charge in [-0.3, -0.25) is 4.79 Å². The monoisotopic (exact) mass is 312 g/mol. The number of aliphatic carboxylic acids is 1. The van der Waals surface area contributed by atoms with Gasteiger partial charge in [0, 0.05) is 17.0 Å². The van der Waals surface area contributed by atoms with Gasteiger partial charge in [-0.25, -0.2) is 4.39 Å². The Morgan fingerprint density at radius 3 is 2.59 bits per heavy atom. The van der Waals surface area contributed by atoms with Gasteiger partial charge in [-0.1, -0.05) is 15.9 Å². The summed E-state index contributed by atoms with van der Waals surface area (Å²) in [7, 11) is 0. The Morgan fingerprint density at radius 1 is 1.47 bits per heavy atom. The van der Waals surface area contributed by atoms with Gasteiger partial charge in [0.2, 0.25) is 0 Å². The van der Waals surface area contributed by atoms with Crippen molar-refractivity contribution in [3.63, 3.8) is 0 Å². The second-order valence-electron chi connectivity index (χ2n) is 3.13. The summed E-state index contributed by atoms with van der Waals surface area (Å²) in [4.78, 5) is 10.5. The fourth-order valence-electron chi connectivity index (χ4n) is 1.31. The summed E-state index contributed by atoms with van der Waals surface area (Å²) in [6.07, 6.45) is -0.512. The van der Waals surface area contributed by atoms with Crippen LogP contribution in [0, 0.1) is 5.82 Å². The zero-order valence-corrected chi connectivity index (χ0v) is 10.0.